The summed E-state index contributed by atoms with van der Waals surface area (Å²) in [7, 11) is 5.80. The Kier molecular flexibility index (Phi) is 5.33. The zero-order valence-electron chi connectivity index (χ0n) is 13.4. The minimum absolute atomic E-state index is 0.142. The van der Waals surface area contributed by atoms with Crippen LogP contribution >= 0.6 is 0 Å². The van der Waals surface area contributed by atoms with Gasteiger partial charge in [0.25, 0.3) is 0 Å². The van der Waals surface area contributed by atoms with E-state index in [9.17, 15) is 4.79 Å². The van der Waals surface area contributed by atoms with Gasteiger partial charge in [-0.1, -0.05) is 24.3 Å². The zero-order chi connectivity index (χ0) is 15.4. The topological polar surface area (TPSA) is 47.6 Å². The fourth-order valence-electron chi connectivity index (χ4n) is 2.83. The quantitative estimate of drug-likeness (QED) is 0.847. The Hall–Kier alpha value is -1.43. The van der Waals surface area contributed by atoms with Gasteiger partial charge >= 0.3 is 0 Å². The smallest absolute Gasteiger partial charge is 0.244 e. The van der Waals surface area contributed by atoms with Crippen molar-refractivity contribution in [2.45, 2.75) is 25.4 Å². The Labute approximate surface area is 127 Å². The molecule has 2 atom stereocenters. The average Bonchev–Trinajstić information content (AvgIpc) is 2.93. The molecule has 0 bridgehead atoms. The number of carbonyl (C=O) groups is 1. The second-order valence-electron chi connectivity index (χ2n) is 6.00. The molecule has 0 radical (unpaired) electrons. The summed E-state index contributed by atoms with van der Waals surface area (Å²) < 4.78 is 0. The largest absolute Gasteiger partial charge is 0.342 e. The van der Waals surface area contributed by atoms with Gasteiger partial charge in [0.1, 0.15) is 6.04 Å². The lowest BCUT2D eigenvalue weighted by Gasteiger charge is -2.30. The minimum atomic E-state index is -0.231. The van der Waals surface area contributed by atoms with Crippen molar-refractivity contribution >= 4 is 5.91 Å². The molecule has 0 aromatic heterocycles. The number of carbonyl (C=O) groups excluding carboxylic acids is 1. The van der Waals surface area contributed by atoms with Gasteiger partial charge in [-0.05, 0) is 38.6 Å². The van der Waals surface area contributed by atoms with Crippen LogP contribution in [0.1, 0.15) is 23.6 Å². The molecular weight excluding hydrogens is 264 g/mol. The van der Waals surface area contributed by atoms with E-state index >= 15 is 0 Å². The summed E-state index contributed by atoms with van der Waals surface area (Å²) in [6.07, 6.45) is 1.05. The van der Waals surface area contributed by atoms with E-state index in [0.717, 1.165) is 30.6 Å². The fourth-order valence-corrected chi connectivity index (χ4v) is 2.83. The van der Waals surface area contributed by atoms with Crippen LogP contribution in [-0.4, -0.2) is 56.0 Å². The zero-order valence-corrected chi connectivity index (χ0v) is 13.4. The SMILES string of the molecule is Cc1ccccc1C(C(=O)N(C)CC1CCNN1)N(C)C. The third-order valence-electron chi connectivity index (χ3n) is 4.03. The monoisotopic (exact) mass is 290 g/mol. The van der Waals surface area contributed by atoms with Crippen LogP contribution in [0.3, 0.4) is 0 Å². The van der Waals surface area contributed by atoms with Gasteiger partial charge in [-0.25, -0.2) is 0 Å². The second kappa shape index (κ2) is 7.02. The number of amides is 1. The van der Waals surface area contributed by atoms with E-state index in [1.807, 2.05) is 49.1 Å². The molecule has 2 rings (SSSR count). The van der Waals surface area contributed by atoms with Gasteiger partial charge in [0.2, 0.25) is 5.91 Å². The summed E-state index contributed by atoms with van der Waals surface area (Å²) >= 11 is 0. The molecule has 1 aromatic rings. The molecule has 21 heavy (non-hydrogen) atoms. The molecule has 5 nitrogen and oxygen atoms in total. The molecular formula is C16H26N4O. The molecule has 1 heterocycles. The van der Waals surface area contributed by atoms with Gasteiger partial charge in [-0.15, -0.1) is 0 Å². The first kappa shape index (κ1) is 15.9. The van der Waals surface area contributed by atoms with Gasteiger partial charge in [-0.2, -0.15) is 0 Å². The first-order valence-corrected chi connectivity index (χ1v) is 7.46. The van der Waals surface area contributed by atoms with Gasteiger partial charge in [-0.3, -0.25) is 20.5 Å². The number of nitrogens with one attached hydrogen (secondary N) is 2. The van der Waals surface area contributed by atoms with Crippen LogP contribution in [-0.2, 0) is 4.79 Å². The van der Waals surface area contributed by atoms with Crippen LogP contribution in [0.15, 0.2) is 24.3 Å². The number of likely N-dealkylation sites (N-methyl/N-ethyl adjacent to an activating group) is 2. The molecule has 5 heteroatoms. The van der Waals surface area contributed by atoms with Crippen LogP contribution in [0.5, 0.6) is 0 Å². The van der Waals surface area contributed by atoms with Crippen molar-refractivity contribution < 1.29 is 4.79 Å². The number of hydrogen-bond acceptors (Lipinski definition) is 4. The number of nitrogens with zero attached hydrogens (tertiary/aromatic N) is 2. The molecule has 1 saturated heterocycles. The number of hydrazine groups is 1. The van der Waals surface area contributed by atoms with Crippen LogP contribution in [0.4, 0.5) is 0 Å². The Balaban J connectivity index is 2.13. The van der Waals surface area contributed by atoms with Gasteiger partial charge in [0, 0.05) is 26.2 Å². The summed E-state index contributed by atoms with van der Waals surface area (Å²) in [6.45, 7) is 3.74. The summed E-state index contributed by atoms with van der Waals surface area (Å²) in [4.78, 5) is 16.7. The highest BCUT2D eigenvalue weighted by atomic mass is 16.2. The molecule has 2 N–H and O–H groups in total. The second-order valence-corrected chi connectivity index (χ2v) is 6.00. The van der Waals surface area contributed by atoms with E-state index in [4.69, 9.17) is 0 Å². The Morgan fingerprint density at radius 3 is 2.62 bits per heavy atom. The summed E-state index contributed by atoms with van der Waals surface area (Å²) in [6, 6.07) is 8.20. The Morgan fingerprint density at radius 2 is 2.05 bits per heavy atom. The van der Waals surface area contributed by atoms with Crippen molar-refractivity contribution in [1.82, 2.24) is 20.7 Å². The third kappa shape index (κ3) is 3.81. The molecule has 116 valence electrons. The maximum atomic E-state index is 12.9. The van der Waals surface area contributed by atoms with Crippen LogP contribution in [0.2, 0.25) is 0 Å². The lowest BCUT2D eigenvalue weighted by molar-refractivity contribution is -0.135. The average molecular weight is 290 g/mol. The highest BCUT2D eigenvalue weighted by Crippen LogP contribution is 2.23. The molecule has 0 spiro atoms. The Bertz CT molecular complexity index is 483. The van der Waals surface area contributed by atoms with Crippen LogP contribution < -0.4 is 10.9 Å². The van der Waals surface area contributed by atoms with E-state index < -0.39 is 0 Å². The molecule has 1 amide bonds. The molecule has 1 aliphatic heterocycles. The van der Waals surface area contributed by atoms with E-state index in [0.29, 0.717) is 6.04 Å². The number of rotatable bonds is 5. The van der Waals surface area contributed by atoms with Crippen LogP contribution in [0, 0.1) is 6.92 Å². The number of hydrogen-bond donors (Lipinski definition) is 2. The predicted molar refractivity (Wildman–Crippen MR) is 84.8 cm³/mol. The van der Waals surface area contributed by atoms with E-state index in [1.54, 1.807) is 0 Å². The number of aryl methyl sites for hydroxylation is 1. The minimum Gasteiger partial charge on any atom is -0.342 e. The summed E-state index contributed by atoms with van der Waals surface area (Å²) in [5.41, 5.74) is 8.55. The maximum absolute atomic E-state index is 12.9. The molecule has 1 aromatic carbocycles. The first-order valence-electron chi connectivity index (χ1n) is 7.46. The Morgan fingerprint density at radius 1 is 1.33 bits per heavy atom. The number of benzene rings is 1. The first-order chi connectivity index (χ1) is 10.0. The van der Waals surface area contributed by atoms with Crippen molar-refractivity contribution in [1.29, 1.82) is 0 Å². The molecule has 2 unspecified atom stereocenters. The summed E-state index contributed by atoms with van der Waals surface area (Å²) in [5, 5.41) is 0. The van der Waals surface area contributed by atoms with Crippen LogP contribution in [0.25, 0.3) is 0 Å². The third-order valence-corrected chi connectivity index (χ3v) is 4.03. The fraction of sp³-hybridized carbons (Fsp3) is 0.562. The van der Waals surface area contributed by atoms with E-state index in [1.165, 1.54) is 0 Å². The molecule has 1 fully saturated rings. The molecule has 1 aliphatic rings. The van der Waals surface area contributed by atoms with Crippen molar-refractivity contribution in [2.24, 2.45) is 0 Å². The lowest BCUT2D eigenvalue weighted by atomic mass is 9.99. The lowest BCUT2D eigenvalue weighted by Crippen LogP contribution is -2.45. The normalized spacial score (nSPS) is 19.8. The van der Waals surface area contributed by atoms with Gasteiger partial charge in [0.15, 0.2) is 0 Å². The molecule has 0 saturated carbocycles. The van der Waals surface area contributed by atoms with Crippen molar-refractivity contribution in [2.75, 3.05) is 34.2 Å². The maximum Gasteiger partial charge on any atom is 0.244 e. The van der Waals surface area contributed by atoms with Gasteiger partial charge in [0.05, 0.1) is 0 Å². The predicted octanol–water partition coefficient (Wildman–Crippen LogP) is 0.923. The van der Waals surface area contributed by atoms with Crippen molar-refractivity contribution in [3.05, 3.63) is 35.4 Å². The highest BCUT2D eigenvalue weighted by Gasteiger charge is 2.28. The molecule has 0 aliphatic carbocycles. The van der Waals surface area contributed by atoms with Crippen molar-refractivity contribution in [3.8, 4) is 0 Å². The highest BCUT2D eigenvalue weighted by molar-refractivity contribution is 5.83. The van der Waals surface area contributed by atoms with E-state index in [-0.39, 0.29) is 11.9 Å². The standard InChI is InChI=1S/C16H26N4O/c1-12-7-5-6-8-14(12)15(19(2)3)16(21)20(4)11-13-9-10-17-18-13/h5-8,13,15,17-18H,9-11H2,1-4H3. The van der Waals surface area contributed by atoms with E-state index in [2.05, 4.69) is 23.8 Å². The van der Waals surface area contributed by atoms with Gasteiger partial charge < -0.3 is 4.90 Å². The summed E-state index contributed by atoms with van der Waals surface area (Å²) in [5.74, 6) is 0.142. The van der Waals surface area contributed by atoms with Crippen molar-refractivity contribution in [3.63, 3.8) is 0 Å².